The zero-order valence-corrected chi connectivity index (χ0v) is 14.1. The zero-order chi connectivity index (χ0) is 15.5. The summed E-state index contributed by atoms with van der Waals surface area (Å²) in [4.78, 5) is 0. The van der Waals surface area contributed by atoms with Gasteiger partial charge in [0.05, 0.1) is 4.47 Å². The highest BCUT2D eigenvalue weighted by Gasteiger charge is 2.34. The van der Waals surface area contributed by atoms with E-state index in [-0.39, 0.29) is 11.0 Å². The quantitative estimate of drug-likeness (QED) is 0.798. The Morgan fingerprint density at radius 2 is 1.95 bits per heavy atom. The van der Waals surface area contributed by atoms with E-state index in [4.69, 9.17) is 4.74 Å². The minimum Gasteiger partial charge on any atom is -0.381 e. The van der Waals surface area contributed by atoms with Crippen molar-refractivity contribution in [1.29, 1.82) is 0 Å². The van der Waals surface area contributed by atoms with Gasteiger partial charge >= 0.3 is 0 Å². The van der Waals surface area contributed by atoms with Crippen LogP contribution in [0.1, 0.15) is 32.3 Å². The van der Waals surface area contributed by atoms with Crippen molar-refractivity contribution < 1.29 is 13.5 Å². The van der Waals surface area contributed by atoms with Crippen molar-refractivity contribution in [2.75, 3.05) is 19.8 Å². The Kier molecular flexibility index (Phi) is 5.74. The van der Waals surface area contributed by atoms with Gasteiger partial charge in [-0.3, -0.25) is 0 Å². The first kappa shape index (κ1) is 16.8. The lowest BCUT2D eigenvalue weighted by atomic mass is 9.75. The molecule has 0 bridgehead atoms. The highest BCUT2D eigenvalue weighted by molar-refractivity contribution is 9.10. The van der Waals surface area contributed by atoms with Gasteiger partial charge in [-0.2, -0.15) is 0 Å². The number of hydrogen-bond donors (Lipinski definition) is 1. The molecule has 1 fully saturated rings. The highest BCUT2D eigenvalue weighted by atomic mass is 79.9. The molecule has 1 heterocycles. The van der Waals surface area contributed by atoms with E-state index in [2.05, 4.69) is 35.1 Å². The maximum atomic E-state index is 14.2. The molecule has 1 N–H and O–H groups in total. The highest BCUT2D eigenvalue weighted by Crippen LogP contribution is 2.36. The average molecular weight is 362 g/mol. The van der Waals surface area contributed by atoms with Gasteiger partial charge in [0.15, 0.2) is 0 Å². The SMILES string of the molecule is CC(C)NCC1(Cc2c(F)ccc(Br)c2F)CCOCC1. The van der Waals surface area contributed by atoms with Gasteiger partial charge in [0.2, 0.25) is 0 Å². The van der Waals surface area contributed by atoms with Crippen molar-refractivity contribution >= 4 is 15.9 Å². The van der Waals surface area contributed by atoms with Crippen LogP contribution in [0.15, 0.2) is 16.6 Å². The second-order valence-electron chi connectivity index (χ2n) is 6.15. The number of benzene rings is 1. The summed E-state index contributed by atoms with van der Waals surface area (Å²) in [7, 11) is 0. The summed E-state index contributed by atoms with van der Waals surface area (Å²) in [5.74, 6) is -0.948. The molecule has 2 rings (SSSR count). The summed E-state index contributed by atoms with van der Waals surface area (Å²) in [6.07, 6.45) is 2.03. The van der Waals surface area contributed by atoms with E-state index in [0.29, 0.717) is 30.1 Å². The van der Waals surface area contributed by atoms with Gasteiger partial charge in [-0.25, -0.2) is 8.78 Å². The standard InChI is InChI=1S/C16H22BrF2NO/c1-11(2)20-10-16(5-7-21-8-6-16)9-12-14(18)4-3-13(17)15(12)19/h3-4,11,20H,5-10H2,1-2H3. The molecule has 1 aliphatic rings. The van der Waals surface area contributed by atoms with Crippen LogP contribution < -0.4 is 5.32 Å². The molecule has 0 radical (unpaired) electrons. The number of halogens is 3. The lowest BCUT2D eigenvalue weighted by Crippen LogP contribution is -2.43. The maximum Gasteiger partial charge on any atom is 0.143 e. The minimum absolute atomic E-state index is 0.148. The van der Waals surface area contributed by atoms with Gasteiger partial charge in [0.25, 0.3) is 0 Å². The fourth-order valence-corrected chi connectivity index (χ4v) is 3.12. The van der Waals surface area contributed by atoms with Crippen LogP contribution >= 0.6 is 15.9 Å². The summed E-state index contributed by atoms with van der Waals surface area (Å²) in [6.45, 7) is 6.20. The van der Waals surface area contributed by atoms with Crippen molar-refractivity contribution in [3.8, 4) is 0 Å². The molecule has 118 valence electrons. The lowest BCUT2D eigenvalue weighted by Gasteiger charge is -2.38. The summed E-state index contributed by atoms with van der Waals surface area (Å²) >= 11 is 3.14. The Hall–Kier alpha value is -0.520. The van der Waals surface area contributed by atoms with Crippen molar-refractivity contribution in [3.05, 3.63) is 33.8 Å². The normalized spacial score (nSPS) is 18.2. The second-order valence-corrected chi connectivity index (χ2v) is 7.00. The van der Waals surface area contributed by atoms with Gasteiger partial charge in [0.1, 0.15) is 11.6 Å². The first-order valence-electron chi connectivity index (χ1n) is 7.37. The Balaban J connectivity index is 2.24. The molecule has 21 heavy (non-hydrogen) atoms. The molecule has 1 saturated heterocycles. The minimum atomic E-state index is -0.481. The first-order chi connectivity index (χ1) is 9.93. The van der Waals surface area contributed by atoms with Crippen LogP contribution in [0.25, 0.3) is 0 Å². The molecule has 2 nitrogen and oxygen atoms in total. The van der Waals surface area contributed by atoms with E-state index in [1.807, 2.05) is 0 Å². The molecule has 1 aliphatic heterocycles. The molecule has 5 heteroatoms. The number of hydrogen-bond acceptors (Lipinski definition) is 2. The van der Waals surface area contributed by atoms with E-state index >= 15 is 0 Å². The van der Waals surface area contributed by atoms with E-state index in [1.54, 1.807) is 0 Å². The third-order valence-corrected chi connectivity index (χ3v) is 4.74. The summed E-state index contributed by atoms with van der Waals surface area (Å²) in [5.41, 5.74) is 0.0298. The zero-order valence-electron chi connectivity index (χ0n) is 12.5. The van der Waals surface area contributed by atoms with Crippen LogP contribution in [-0.4, -0.2) is 25.8 Å². The molecule has 1 aromatic carbocycles. The molecule has 0 saturated carbocycles. The van der Waals surface area contributed by atoms with Crippen LogP contribution in [0.3, 0.4) is 0 Å². The van der Waals surface area contributed by atoms with E-state index in [0.717, 1.165) is 19.4 Å². The van der Waals surface area contributed by atoms with E-state index in [1.165, 1.54) is 12.1 Å². The Labute approximate surface area is 133 Å². The topological polar surface area (TPSA) is 21.3 Å². The van der Waals surface area contributed by atoms with Gasteiger partial charge in [-0.15, -0.1) is 0 Å². The smallest absolute Gasteiger partial charge is 0.143 e. The molecular formula is C16H22BrF2NO. The fraction of sp³-hybridized carbons (Fsp3) is 0.625. The van der Waals surface area contributed by atoms with Crippen molar-refractivity contribution in [2.24, 2.45) is 5.41 Å². The summed E-state index contributed by atoms with van der Waals surface area (Å²) in [6, 6.07) is 3.09. The number of ether oxygens (including phenoxy) is 1. The molecular weight excluding hydrogens is 340 g/mol. The molecule has 0 aromatic heterocycles. The average Bonchev–Trinajstić information content (AvgIpc) is 2.47. The van der Waals surface area contributed by atoms with Gasteiger partial charge in [0, 0.05) is 31.4 Å². The number of rotatable bonds is 5. The van der Waals surface area contributed by atoms with Crippen LogP contribution in [0.5, 0.6) is 0 Å². The summed E-state index contributed by atoms with van der Waals surface area (Å²) < 4.78 is 34.0. The molecule has 0 atom stereocenters. The van der Waals surface area contributed by atoms with Gasteiger partial charge in [-0.05, 0) is 52.7 Å². The molecule has 0 amide bonds. The third-order valence-electron chi connectivity index (χ3n) is 4.13. The van der Waals surface area contributed by atoms with Crippen LogP contribution in [0.2, 0.25) is 0 Å². The van der Waals surface area contributed by atoms with Crippen molar-refractivity contribution in [1.82, 2.24) is 5.32 Å². The molecule has 0 unspecified atom stereocenters. The molecule has 0 spiro atoms. The Morgan fingerprint density at radius 3 is 2.57 bits per heavy atom. The molecule has 0 aliphatic carbocycles. The summed E-state index contributed by atoms with van der Waals surface area (Å²) in [5, 5.41) is 3.42. The fourth-order valence-electron chi connectivity index (χ4n) is 2.75. The Morgan fingerprint density at radius 1 is 1.29 bits per heavy atom. The van der Waals surface area contributed by atoms with Crippen LogP contribution in [-0.2, 0) is 11.2 Å². The van der Waals surface area contributed by atoms with Crippen molar-refractivity contribution in [3.63, 3.8) is 0 Å². The van der Waals surface area contributed by atoms with Crippen LogP contribution in [0, 0.1) is 17.0 Å². The van der Waals surface area contributed by atoms with Gasteiger partial charge < -0.3 is 10.1 Å². The van der Waals surface area contributed by atoms with E-state index < -0.39 is 11.6 Å². The second kappa shape index (κ2) is 7.16. The number of nitrogens with one attached hydrogen (secondary N) is 1. The predicted octanol–water partition coefficient (Wildman–Crippen LogP) is 4.06. The monoisotopic (exact) mass is 361 g/mol. The van der Waals surface area contributed by atoms with Gasteiger partial charge in [-0.1, -0.05) is 13.8 Å². The first-order valence-corrected chi connectivity index (χ1v) is 8.16. The third kappa shape index (κ3) is 4.24. The lowest BCUT2D eigenvalue weighted by molar-refractivity contribution is 0.0133. The van der Waals surface area contributed by atoms with Crippen LogP contribution in [0.4, 0.5) is 8.78 Å². The Bertz CT molecular complexity index is 487. The maximum absolute atomic E-state index is 14.2. The predicted molar refractivity (Wildman–Crippen MR) is 83.4 cm³/mol. The van der Waals surface area contributed by atoms with E-state index in [9.17, 15) is 8.78 Å². The molecule has 1 aromatic rings. The largest absolute Gasteiger partial charge is 0.381 e. The van der Waals surface area contributed by atoms with Crippen molar-refractivity contribution in [2.45, 2.75) is 39.2 Å².